The van der Waals surface area contributed by atoms with Gasteiger partial charge in [-0.2, -0.15) is 0 Å². The minimum Gasteiger partial charge on any atom is -0.309 e. The van der Waals surface area contributed by atoms with Crippen LogP contribution in [0.25, 0.3) is 61.4 Å². The van der Waals surface area contributed by atoms with Crippen LogP contribution in [0.15, 0.2) is 103 Å². The van der Waals surface area contributed by atoms with Crippen LogP contribution < -0.4 is 0 Å². The lowest BCUT2D eigenvalue weighted by Gasteiger charge is -2.19. The molecule has 0 radical (unpaired) electrons. The monoisotopic (exact) mass is 544 g/mol. The molecule has 7 aromatic rings. The molecular weight excluding hydrogens is 512 g/mol. The third-order valence-corrected chi connectivity index (χ3v) is 8.21. The van der Waals surface area contributed by atoms with Crippen molar-refractivity contribution >= 4 is 21.8 Å². The Morgan fingerprint density at radius 3 is 2.00 bits per heavy atom. The van der Waals surface area contributed by atoms with Crippen molar-refractivity contribution in [2.75, 3.05) is 0 Å². The topological polar surface area (TPSA) is 43.6 Å². The van der Waals surface area contributed by atoms with Gasteiger partial charge < -0.3 is 4.57 Å². The largest absolute Gasteiger partial charge is 0.309 e. The molecule has 0 atom stereocenters. The summed E-state index contributed by atoms with van der Waals surface area (Å²) in [6, 6.07) is 34.8. The summed E-state index contributed by atoms with van der Waals surface area (Å²) in [4.78, 5) is 14.3. The highest BCUT2D eigenvalue weighted by atomic mass is 15.0. The second-order valence-electron chi connectivity index (χ2n) is 11.3. The van der Waals surface area contributed by atoms with Crippen LogP contribution in [-0.2, 0) is 0 Å². The van der Waals surface area contributed by atoms with Crippen LogP contribution in [0.1, 0.15) is 27.8 Å². The van der Waals surface area contributed by atoms with Crippen LogP contribution in [0, 0.1) is 34.6 Å². The van der Waals surface area contributed by atoms with Gasteiger partial charge in [-0.15, -0.1) is 0 Å². The van der Waals surface area contributed by atoms with Crippen LogP contribution in [0.3, 0.4) is 0 Å². The predicted octanol–water partition coefficient (Wildman–Crippen LogP) is 9.51. The number of aromatic nitrogens is 4. The Kier molecular flexibility index (Phi) is 6.20. The number of hydrogen-bond acceptors (Lipinski definition) is 3. The van der Waals surface area contributed by atoms with Crippen LogP contribution in [0.4, 0.5) is 0 Å². The van der Waals surface area contributed by atoms with E-state index in [1.807, 2.05) is 0 Å². The van der Waals surface area contributed by atoms with Crippen LogP contribution in [0.2, 0.25) is 0 Å². The standard InChI is InChI=1S/C38H32N4/c1-23-17-24(2)19-30(18-23)37-39-22-40-38(41-37)35-25(3)20-26(4)36(27(35)5)42-33-14-10-9-13-31(33)32-21-29(15-16-34(32)42)28-11-7-6-8-12-28/h6-22H,1-5H3. The lowest BCUT2D eigenvalue weighted by molar-refractivity contribution is 1.05. The van der Waals surface area contributed by atoms with Crippen LogP contribution >= 0.6 is 0 Å². The van der Waals surface area contributed by atoms with Crippen molar-refractivity contribution in [3.8, 4) is 39.6 Å². The third-order valence-electron chi connectivity index (χ3n) is 8.21. The maximum Gasteiger partial charge on any atom is 0.163 e. The highest BCUT2D eigenvalue weighted by Crippen LogP contribution is 2.39. The van der Waals surface area contributed by atoms with E-state index in [1.165, 1.54) is 55.3 Å². The van der Waals surface area contributed by atoms with Crippen molar-refractivity contribution in [1.29, 1.82) is 0 Å². The van der Waals surface area contributed by atoms with Gasteiger partial charge in [0.25, 0.3) is 0 Å². The van der Waals surface area contributed by atoms with E-state index < -0.39 is 0 Å². The van der Waals surface area contributed by atoms with Gasteiger partial charge in [-0.05, 0) is 92.8 Å². The fourth-order valence-corrected chi connectivity index (χ4v) is 6.55. The number of nitrogens with zero attached hydrogens (tertiary/aromatic N) is 4. The van der Waals surface area contributed by atoms with E-state index in [9.17, 15) is 0 Å². The zero-order valence-corrected chi connectivity index (χ0v) is 24.6. The van der Waals surface area contributed by atoms with Crippen molar-refractivity contribution < 1.29 is 0 Å². The Balaban J connectivity index is 1.46. The molecule has 0 N–H and O–H groups in total. The summed E-state index contributed by atoms with van der Waals surface area (Å²) < 4.78 is 2.42. The van der Waals surface area contributed by atoms with Gasteiger partial charge in [0.2, 0.25) is 0 Å². The molecule has 0 aliphatic rings. The molecule has 0 fully saturated rings. The molecule has 0 bridgehead atoms. The fraction of sp³-hybridized carbons (Fsp3) is 0.132. The molecule has 42 heavy (non-hydrogen) atoms. The van der Waals surface area contributed by atoms with Gasteiger partial charge in [0.15, 0.2) is 11.6 Å². The van der Waals surface area contributed by atoms with E-state index in [4.69, 9.17) is 9.97 Å². The van der Waals surface area contributed by atoms with Gasteiger partial charge in [-0.25, -0.2) is 15.0 Å². The van der Waals surface area contributed by atoms with Gasteiger partial charge in [-0.1, -0.05) is 77.9 Å². The zero-order chi connectivity index (χ0) is 29.0. The quantitative estimate of drug-likeness (QED) is 0.222. The molecule has 4 heteroatoms. The molecular formula is C38H32N4. The maximum absolute atomic E-state index is 5.01. The molecule has 0 saturated carbocycles. The first kappa shape index (κ1) is 25.8. The summed E-state index contributed by atoms with van der Waals surface area (Å²) in [5.74, 6) is 1.39. The molecule has 204 valence electrons. The van der Waals surface area contributed by atoms with E-state index in [0.717, 1.165) is 22.3 Å². The molecule has 0 aliphatic heterocycles. The van der Waals surface area contributed by atoms with E-state index in [1.54, 1.807) is 6.33 Å². The Labute approximate surface area is 246 Å². The molecule has 0 aliphatic carbocycles. The highest BCUT2D eigenvalue weighted by molar-refractivity contribution is 6.10. The van der Waals surface area contributed by atoms with Crippen LogP contribution in [0.5, 0.6) is 0 Å². The summed E-state index contributed by atoms with van der Waals surface area (Å²) in [5.41, 5.74) is 13.9. The second kappa shape index (κ2) is 10.1. The Bertz CT molecular complexity index is 2120. The van der Waals surface area contributed by atoms with Gasteiger partial charge in [0.05, 0.1) is 16.7 Å². The van der Waals surface area contributed by atoms with Crippen molar-refractivity contribution in [2.24, 2.45) is 0 Å². The molecule has 2 heterocycles. The first-order valence-corrected chi connectivity index (χ1v) is 14.4. The van der Waals surface area contributed by atoms with E-state index in [2.05, 4.69) is 141 Å². The average molecular weight is 545 g/mol. The molecule has 2 aromatic heterocycles. The minimum absolute atomic E-state index is 0.693. The van der Waals surface area contributed by atoms with E-state index in [-0.39, 0.29) is 0 Å². The summed E-state index contributed by atoms with van der Waals surface area (Å²) in [7, 11) is 0. The first-order valence-electron chi connectivity index (χ1n) is 14.4. The Morgan fingerprint density at radius 2 is 1.21 bits per heavy atom. The third kappa shape index (κ3) is 4.27. The van der Waals surface area contributed by atoms with E-state index in [0.29, 0.717) is 11.6 Å². The van der Waals surface area contributed by atoms with E-state index >= 15 is 0 Å². The Hall–Kier alpha value is -5.09. The number of aryl methyl sites for hydroxylation is 4. The average Bonchev–Trinajstić information content (AvgIpc) is 3.30. The van der Waals surface area contributed by atoms with Crippen molar-refractivity contribution in [3.05, 3.63) is 131 Å². The van der Waals surface area contributed by atoms with Gasteiger partial charge in [0.1, 0.15) is 6.33 Å². The molecule has 0 spiro atoms. The molecule has 4 nitrogen and oxygen atoms in total. The SMILES string of the molecule is Cc1cc(C)cc(-c2ncnc(-c3c(C)cc(C)c(-n4c5ccccc5c5cc(-c6ccccc6)ccc54)c3C)n2)c1. The predicted molar refractivity (Wildman–Crippen MR) is 174 cm³/mol. The van der Waals surface area contributed by atoms with Crippen molar-refractivity contribution in [2.45, 2.75) is 34.6 Å². The number of fused-ring (bicyclic) bond motifs is 3. The number of benzene rings is 5. The molecule has 0 amide bonds. The van der Waals surface area contributed by atoms with Gasteiger partial charge in [0, 0.05) is 21.9 Å². The van der Waals surface area contributed by atoms with Crippen LogP contribution in [-0.4, -0.2) is 19.5 Å². The zero-order valence-electron chi connectivity index (χ0n) is 24.6. The number of para-hydroxylation sites is 1. The van der Waals surface area contributed by atoms with Crippen molar-refractivity contribution in [3.63, 3.8) is 0 Å². The highest BCUT2D eigenvalue weighted by Gasteiger charge is 2.21. The first-order chi connectivity index (χ1) is 20.4. The molecule has 0 saturated heterocycles. The lowest BCUT2D eigenvalue weighted by atomic mass is 9.96. The normalized spacial score (nSPS) is 11.5. The summed E-state index contributed by atoms with van der Waals surface area (Å²) >= 11 is 0. The lowest BCUT2D eigenvalue weighted by Crippen LogP contribution is -2.05. The smallest absolute Gasteiger partial charge is 0.163 e. The second-order valence-corrected chi connectivity index (χ2v) is 11.3. The summed E-state index contributed by atoms with van der Waals surface area (Å²) in [6.07, 6.45) is 1.64. The number of hydrogen-bond donors (Lipinski definition) is 0. The molecule has 5 aromatic carbocycles. The summed E-state index contributed by atoms with van der Waals surface area (Å²) in [5, 5.41) is 2.48. The van der Waals surface area contributed by atoms with Gasteiger partial charge >= 0.3 is 0 Å². The molecule has 7 rings (SSSR count). The van der Waals surface area contributed by atoms with Crippen molar-refractivity contribution in [1.82, 2.24) is 19.5 Å². The fourth-order valence-electron chi connectivity index (χ4n) is 6.55. The molecule has 0 unspecified atom stereocenters. The Morgan fingerprint density at radius 1 is 0.524 bits per heavy atom. The maximum atomic E-state index is 5.01. The number of rotatable bonds is 4. The summed E-state index contributed by atoms with van der Waals surface area (Å²) in [6.45, 7) is 10.8. The van der Waals surface area contributed by atoms with Gasteiger partial charge in [-0.3, -0.25) is 0 Å². The minimum atomic E-state index is 0.693.